The second-order valence-corrected chi connectivity index (χ2v) is 4.30. The van der Waals surface area contributed by atoms with E-state index >= 15 is 0 Å². The van der Waals surface area contributed by atoms with Crippen LogP contribution < -0.4 is 5.32 Å². The maximum absolute atomic E-state index is 11.5. The van der Waals surface area contributed by atoms with Crippen molar-refractivity contribution in [2.24, 2.45) is 0 Å². The van der Waals surface area contributed by atoms with E-state index in [0.717, 1.165) is 0 Å². The van der Waals surface area contributed by atoms with Gasteiger partial charge in [0.2, 0.25) is 5.91 Å². The summed E-state index contributed by atoms with van der Waals surface area (Å²) in [6.45, 7) is 8.03. The van der Waals surface area contributed by atoms with E-state index in [1.54, 1.807) is 4.90 Å². The maximum Gasteiger partial charge on any atom is 0.319 e. The molecule has 1 amide bonds. The highest BCUT2D eigenvalue weighted by Gasteiger charge is 2.17. The van der Waals surface area contributed by atoms with Gasteiger partial charge in [-0.25, -0.2) is 0 Å². The summed E-state index contributed by atoms with van der Waals surface area (Å²) in [5, 5.41) is 2.79. The van der Waals surface area contributed by atoms with Crippen LogP contribution in [0, 0.1) is 0 Å². The fraction of sp³-hybridized carbons (Fsp3) is 0.818. The van der Waals surface area contributed by atoms with E-state index in [2.05, 4.69) is 10.1 Å². The van der Waals surface area contributed by atoms with Gasteiger partial charge >= 0.3 is 5.97 Å². The number of hydrogen-bond acceptors (Lipinski definition) is 4. The van der Waals surface area contributed by atoms with Crippen LogP contribution in [0.15, 0.2) is 0 Å². The minimum atomic E-state index is -0.328. The summed E-state index contributed by atoms with van der Waals surface area (Å²) in [5.74, 6) is -0.404. The van der Waals surface area contributed by atoms with E-state index in [1.807, 2.05) is 27.7 Å². The van der Waals surface area contributed by atoms with Crippen LogP contribution in [0.1, 0.15) is 27.7 Å². The number of amides is 1. The molecule has 1 N–H and O–H groups in total. The predicted molar refractivity (Wildman–Crippen MR) is 62.0 cm³/mol. The first-order valence-electron chi connectivity index (χ1n) is 5.47. The molecule has 0 bridgehead atoms. The molecule has 0 aromatic heterocycles. The van der Waals surface area contributed by atoms with Crippen LogP contribution in [0.3, 0.4) is 0 Å². The summed E-state index contributed by atoms with van der Waals surface area (Å²) < 4.78 is 4.58. The summed E-state index contributed by atoms with van der Waals surface area (Å²) in [5.41, 5.74) is 0. The zero-order valence-corrected chi connectivity index (χ0v) is 10.7. The lowest BCUT2D eigenvalue weighted by atomic mass is 10.3. The van der Waals surface area contributed by atoms with Gasteiger partial charge < -0.3 is 10.1 Å². The average molecular weight is 230 g/mol. The number of esters is 1. The minimum absolute atomic E-state index is 0.0763. The molecule has 0 atom stereocenters. The maximum atomic E-state index is 11.5. The Morgan fingerprint density at radius 3 is 2.12 bits per heavy atom. The van der Waals surface area contributed by atoms with Crippen molar-refractivity contribution in [3.63, 3.8) is 0 Å². The van der Waals surface area contributed by atoms with Crippen molar-refractivity contribution >= 4 is 11.9 Å². The number of carbonyl (C=O) groups excluding carboxylic acids is 2. The van der Waals surface area contributed by atoms with Gasteiger partial charge in [0.1, 0.15) is 0 Å². The lowest BCUT2D eigenvalue weighted by molar-refractivity contribution is -0.142. The fourth-order valence-electron chi connectivity index (χ4n) is 1.20. The Morgan fingerprint density at radius 1 is 1.19 bits per heavy atom. The van der Waals surface area contributed by atoms with Gasteiger partial charge in [-0.05, 0) is 27.7 Å². The van der Waals surface area contributed by atoms with Gasteiger partial charge in [-0.1, -0.05) is 0 Å². The van der Waals surface area contributed by atoms with E-state index in [-0.39, 0.29) is 37.0 Å². The zero-order chi connectivity index (χ0) is 12.7. The Kier molecular flexibility index (Phi) is 6.72. The largest absolute Gasteiger partial charge is 0.468 e. The van der Waals surface area contributed by atoms with Crippen LogP contribution in [0.2, 0.25) is 0 Å². The van der Waals surface area contributed by atoms with E-state index < -0.39 is 0 Å². The van der Waals surface area contributed by atoms with Gasteiger partial charge in [-0.2, -0.15) is 0 Å². The van der Waals surface area contributed by atoms with Crippen LogP contribution in [-0.4, -0.2) is 49.1 Å². The number of nitrogens with zero attached hydrogens (tertiary/aromatic N) is 1. The van der Waals surface area contributed by atoms with E-state index in [9.17, 15) is 9.59 Å². The molecule has 0 aliphatic heterocycles. The monoisotopic (exact) mass is 230 g/mol. The van der Waals surface area contributed by atoms with Crippen LogP contribution in [-0.2, 0) is 14.3 Å². The van der Waals surface area contributed by atoms with Crippen molar-refractivity contribution in [2.45, 2.75) is 39.8 Å². The molecule has 5 heteroatoms. The molecule has 0 heterocycles. The topological polar surface area (TPSA) is 58.6 Å². The third-order valence-electron chi connectivity index (χ3n) is 2.09. The van der Waals surface area contributed by atoms with Gasteiger partial charge in [-0.3, -0.25) is 14.5 Å². The van der Waals surface area contributed by atoms with Crippen LogP contribution in [0.5, 0.6) is 0 Å². The lowest BCUT2D eigenvalue weighted by Gasteiger charge is -2.24. The SMILES string of the molecule is COC(=O)CN(CC(=O)NC(C)C)C(C)C. The van der Waals surface area contributed by atoms with Gasteiger partial charge in [0, 0.05) is 12.1 Å². The number of carbonyl (C=O) groups is 2. The van der Waals surface area contributed by atoms with Crippen LogP contribution in [0.25, 0.3) is 0 Å². The molecule has 0 saturated heterocycles. The zero-order valence-electron chi connectivity index (χ0n) is 10.7. The quantitative estimate of drug-likeness (QED) is 0.671. The molecule has 0 aliphatic carbocycles. The summed E-state index contributed by atoms with van der Waals surface area (Å²) >= 11 is 0. The standard InChI is InChI=1S/C11H22N2O3/c1-8(2)12-10(14)6-13(9(3)4)7-11(15)16-5/h8-9H,6-7H2,1-5H3,(H,12,14). The number of rotatable bonds is 6. The van der Waals surface area contributed by atoms with Crippen molar-refractivity contribution < 1.29 is 14.3 Å². The first-order chi connectivity index (χ1) is 7.36. The van der Waals surface area contributed by atoms with Crippen LogP contribution >= 0.6 is 0 Å². The fourth-order valence-corrected chi connectivity index (χ4v) is 1.20. The molecular weight excluding hydrogens is 208 g/mol. The van der Waals surface area contributed by atoms with Gasteiger partial charge in [0.05, 0.1) is 20.2 Å². The molecule has 0 unspecified atom stereocenters. The first-order valence-corrected chi connectivity index (χ1v) is 5.47. The average Bonchev–Trinajstić information content (AvgIpc) is 2.14. The van der Waals surface area contributed by atoms with Crippen molar-refractivity contribution in [2.75, 3.05) is 20.2 Å². The number of nitrogens with one attached hydrogen (secondary N) is 1. The summed E-state index contributed by atoms with van der Waals surface area (Å²) in [6, 6.07) is 0.233. The molecule has 0 saturated carbocycles. The van der Waals surface area contributed by atoms with E-state index in [4.69, 9.17) is 0 Å². The minimum Gasteiger partial charge on any atom is -0.468 e. The Labute approximate surface area is 97.1 Å². The number of hydrogen-bond donors (Lipinski definition) is 1. The van der Waals surface area contributed by atoms with Gasteiger partial charge in [-0.15, -0.1) is 0 Å². The van der Waals surface area contributed by atoms with Crippen molar-refractivity contribution in [1.29, 1.82) is 0 Å². The normalized spacial score (nSPS) is 11.0. The van der Waals surface area contributed by atoms with Crippen molar-refractivity contribution in [3.8, 4) is 0 Å². The van der Waals surface area contributed by atoms with Crippen LogP contribution in [0.4, 0.5) is 0 Å². The third-order valence-corrected chi connectivity index (χ3v) is 2.09. The Balaban J connectivity index is 4.23. The highest BCUT2D eigenvalue weighted by atomic mass is 16.5. The van der Waals surface area contributed by atoms with Gasteiger partial charge in [0.25, 0.3) is 0 Å². The molecule has 0 aliphatic rings. The van der Waals surface area contributed by atoms with Crippen molar-refractivity contribution in [3.05, 3.63) is 0 Å². The summed E-state index contributed by atoms with van der Waals surface area (Å²) in [4.78, 5) is 24.4. The molecule has 0 spiro atoms. The third kappa shape index (κ3) is 6.40. The summed E-state index contributed by atoms with van der Waals surface area (Å²) in [7, 11) is 1.34. The molecule has 0 rings (SSSR count). The smallest absolute Gasteiger partial charge is 0.319 e. The Hall–Kier alpha value is -1.10. The highest BCUT2D eigenvalue weighted by molar-refractivity contribution is 5.79. The molecule has 16 heavy (non-hydrogen) atoms. The lowest BCUT2D eigenvalue weighted by Crippen LogP contribution is -2.45. The number of ether oxygens (including phenoxy) is 1. The molecule has 5 nitrogen and oxygen atoms in total. The molecule has 0 fully saturated rings. The van der Waals surface area contributed by atoms with Gasteiger partial charge in [0.15, 0.2) is 0 Å². The van der Waals surface area contributed by atoms with Crippen molar-refractivity contribution in [1.82, 2.24) is 10.2 Å². The molecule has 0 aromatic rings. The van der Waals surface area contributed by atoms with E-state index in [0.29, 0.717) is 0 Å². The highest BCUT2D eigenvalue weighted by Crippen LogP contribution is 1.98. The summed E-state index contributed by atoms with van der Waals surface area (Å²) in [6.07, 6.45) is 0. The first kappa shape index (κ1) is 14.9. The molecule has 0 radical (unpaired) electrons. The second-order valence-electron chi connectivity index (χ2n) is 4.30. The number of methoxy groups -OCH3 is 1. The predicted octanol–water partition coefficient (Wildman–Crippen LogP) is 0.394. The second kappa shape index (κ2) is 7.22. The molecule has 94 valence electrons. The molecular formula is C11H22N2O3. The Bertz CT molecular complexity index is 239. The van der Waals surface area contributed by atoms with E-state index in [1.165, 1.54) is 7.11 Å². The molecule has 0 aromatic carbocycles. The Morgan fingerprint density at radius 2 is 1.75 bits per heavy atom.